The van der Waals surface area contributed by atoms with E-state index < -0.39 is 6.23 Å². The van der Waals surface area contributed by atoms with Crippen molar-refractivity contribution in [3.8, 4) is 11.1 Å². The van der Waals surface area contributed by atoms with Gasteiger partial charge in [0.1, 0.15) is 6.23 Å². The van der Waals surface area contributed by atoms with Crippen molar-refractivity contribution in [2.24, 2.45) is 12.8 Å². The molecule has 9 heteroatoms. The highest BCUT2D eigenvalue weighted by Crippen LogP contribution is 2.30. The van der Waals surface area contributed by atoms with Crippen LogP contribution in [-0.4, -0.2) is 48.2 Å². The number of aliphatic hydroxyl groups is 1. The van der Waals surface area contributed by atoms with Crippen LogP contribution in [0.1, 0.15) is 24.6 Å². The van der Waals surface area contributed by atoms with E-state index in [4.69, 9.17) is 10.8 Å². The number of hydrogen-bond donors (Lipinski definition) is 3. The third-order valence-electron chi connectivity index (χ3n) is 5.40. The molecule has 3 heterocycles. The van der Waals surface area contributed by atoms with Crippen molar-refractivity contribution in [2.45, 2.75) is 39.1 Å². The molecule has 30 heavy (non-hydrogen) atoms. The fourth-order valence-electron chi connectivity index (χ4n) is 3.75. The van der Waals surface area contributed by atoms with Crippen LogP contribution < -0.4 is 11.1 Å². The number of aromatic nitrogens is 4. The van der Waals surface area contributed by atoms with E-state index in [1.807, 2.05) is 53.3 Å². The normalized spacial score (nSPS) is 14.5. The Kier molecular flexibility index (Phi) is 5.56. The fraction of sp³-hybridized carbons (Fsp3) is 0.381. The van der Waals surface area contributed by atoms with Crippen molar-refractivity contribution in [2.75, 3.05) is 11.9 Å². The molecule has 0 saturated heterocycles. The van der Waals surface area contributed by atoms with Gasteiger partial charge in [-0.05, 0) is 17.7 Å². The highest BCUT2D eigenvalue weighted by molar-refractivity contribution is 5.74. The number of anilines is 2. The van der Waals surface area contributed by atoms with Crippen LogP contribution in [-0.2, 0) is 31.4 Å². The summed E-state index contributed by atoms with van der Waals surface area (Å²) in [5.41, 5.74) is 10.7. The molecular weight excluding hydrogens is 382 g/mol. The number of nitrogens with zero attached hydrogens (tertiary/aromatic N) is 5. The number of aliphatic hydroxyl groups excluding tert-OH is 1. The topological polar surface area (TPSA) is 114 Å². The van der Waals surface area contributed by atoms with Crippen molar-refractivity contribution in [3.63, 3.8) is 0 Å². The number of carbonyl (C=O) groups excluding carboxylic acids is 1. The van der Waals surface area contributed by atoms with E-state index >= 15 is 0 Å². The summed E-state index contributed by atoms with van der Waals surface area (Å²) >= 11 is 0. The highest BCUT2D eigenvalue weighted by Gasteiger charge is 2.26. The third-order valence-corrected chi connectivity index (χ3v) is 5.40. The van der Waals surface area contributed by atoms with Crippen molar-refractivity contribution in [1.29, 1.82) is 0 Å². The standard InChI is InChI=1S/C21H27N7O2/c1-14(29)27-9-7-19-18(13-27)21(25-28(19)10-8-20(22)30)24-17-5-3-15(4-6-17)16-11-23-26(2)12-16/h3-6,11-12,20,30H,7-10,13,22H2,1-2H3,(H,24,25). The molecule has 4 rings (SSSR count). The summed E-state index contributed by atoms with van der Waals surface area (Å²) < 4.78 is 3.68. The molecule has 0 saturated carbocycles. The van der Waals surface area contributed by atoms with E-state index in [1.54, 1.807) is 11.6 Å². The molecule has 0 radical (unpaired) electrons. The molecule has 1 aliphatic rings. The first-order chi connectivity index (χ1) is 14.4. The Balaban J connectivity index is 1.59. The monoisotopic (exact) mass is 409 g/mol. The number of benzene rings is 1. The van der Waals surface area contributed by atoms with E-state index in [0.717, 1.165) is 40.3 Å². The zero-order chi connectivity index (χ0) is 21.3. The number of fused-ring (bicyclic) bond motifs is 1. The van der Waals surface area contributed by atoms with E-state index in [-0.39, 0.29) is 5.91 Å². The van der Waals surface area contributed by atoms with Gasteiger partial charge in [-0.3, -0.25) is 14.2 Å². The van der Waals surface area contributed by atoms with Gasteiger partial charge in [-0.15, -0.1) is 0 Å². The summed E-state index contributed by atoms with van der Waals surface area (Å²) in [6.07, 6.45) is 4.08. The first-order valence-corrected chi connectivity index (χ1v) is 10.0. The molecule has 1 unspecified atom stereocenters. The maximum absolute atomic E-state index is 11.9. The van der Waals surface area contributed by atoms with Crippen molar-refractivity contribution in [1.82, 2.24) is 24.5 Å². The SMILES string of the molecule is CC(=O)N1CCc2c(c(Nc3ccc(-c4cnn(C)c4)cc3)nn2CCC(N)O)C1. The molecule has 0 aliphatic carbocycles. The first kappa shape index (κ1) is 20.1. The number of hydrogen-bond acceptors (Lipinski definition) is 6. The lowest BCUT2D eigenvalue weighted by atomic mass is 10.1. The molecule has 4 N–H and O–H groups in total. The number of amides is 1. The maximum Gasteiger partial charge on any atom is 0.219 e. The molecule has 0 spiro atoms. The summed E-state index contributed by atoms with van der Waals surface area (Å²) in [6, 6.07) is 8.08. The van der Waals surface area contributed by atoms with Gasteiger partial charge in [0.2, 0.25) is 5.91 Å². The molecule has 0 bridgehead atoms. The van der Waals surface area contributed by atoms with E-state index in [0.29, 0.717) is 26.1 Å². The van der Waals surface area contributed by atoms with Gasteiger partial charge in [0, 0.05) is 68.6 Å². The van der Waals surface area contributed by atoms with Crippen LogP contribution in [0.25, 0.3) is 11.1 Å². The zero-order valence-electron chi connectivity index (χ0n) is 17.2. The minimum absolute atomic E-state index is 0.0533. The number of nitrogens with one attached hydrogen (secondary N) is 1. The Bertz CT molecular complexity index is 1040. The summed E-state index contributed by atoms with van der Waals surface area (Å²) in [6.45, 7) is 3.30. The van der Waals surface area contributed by atoms with Crippen LogP contribution in [0.4, 0.5) is 11.5 Å². The third kappa shape index (κ3) is 4.22. The Hall–Kier alpha value is -3.17. The van der Waals surface area contributed by atoms with Gasteiger partial charge >= 0.3 is 0 Å². The van der Waals surface area contributed by atoms with Gasteiger partial charge in [0.25, 0.3) is 0 Å². The average molecular weight is 409 g/mol. The molecule has 1 amide bonds. The Morgan fingerprint density at radius 3 is 2.70 bits per heavy atom. The predicted molar refractivity (Wildman–Crippen MR) is 114 cm³/mol. The molecule has 158 valence electrons. The van der Waals surface area contributed by atoms with Crippen LogP contribution in [0.2, 0.25) is 0 Å². The van der Waals surface area contributed by atoms with Gasteiger partial charge < -0.3 is 21.1 Å². The van der Waals surface area contributed by atoms with Crippen LogP contribution in [0.15, 0.2) is 36.7 Å². The molecule has 1 atom stereocenters. The van der Waals surface area contributed by atoms with Crippen molar-refractivity contribution in [3.05, 3.63) is 47.9 Å². The second-order valence-electron chi connectivity index (χ2n) is 7.65. The van der Waals surface area contributed by atoms with E-state index in [9.17, 15) is 9.90 Å². The zero-order valence-corrected chi connectivity index (χ0v) is 17.2. The second kappa shape index (κ2) is 8.29. The lowest BCUT2D eigenvalue weighted by Gasteiger charge is -2.26. The van der Waals surface area contributed by atoms with Gasteiger partial charge in [-0.1, -0.05) is 12.1 Å². The number of carbonyl (C=O) groups is 1. The molecular formula is C21H27N7O2. The lowest BCUT2D eigenvalue weighted by molar-refractivity contribution is -0.129. The Morgan fingerprint density at radius 1 is 1.30 bits per heavy atom. The van der Waals surface area contributed by atoms with Gasteiger partial charge in [0.15, 0.2) is 5.82 Å². The summed E-state index contributed by atoms with van der Waals surface area (Å²) in [4.78, 5) is 13.7. The number of rotatable bonds is 6. The van der Waals surface area contributed by atoms with E-state index in [2.05, 4.69) is 10.4 Å². The van der Waals surface area contributed by atoms with Crippen LogP contribution >= 0.6 is 0 Å². The van der Waals surface area contributed by atoms with Crippen LogP contribution in [0, 0.1) is 0 Å². The van der Waals surface area contributed by atoms with Gasteiger partial charge in [-0.2, -0.15) is 10.2 Å². The first-order valence-electron chi connectivity index (χ1n) is 10.0. The number of aryl methyl sites for hydroxylation is 2. The smallest absolute Gasteiger partial charge is 0.219 e. The van der Waals surface area contributed by atoms with Crippen LogP contribution in [0.3, 0.4) is 0 Å². The molecule has 1 aromatic carbocycles. The minimum Gasteiger partial charge on any atom is -0.379 e. The second-order valence-corrected chi connectivity index (χ2v) is 7.65. The van der Waals surface area contributed by atoms with E-state index in [1.165, 1.54) is 0 Å². The lowest BCUT2D eigenvalue weighted by Crippen LogP contribution is -2.35. The number of nitrogens with two attached hydrogens (primary N) is 1. The summed E-state index contributed by atoms with van der Waals surface area (Å²) in [5.74, 6) is 0.786. The fourth-order valence-corrected chi connectivity index (χ4v) is 3.75. The highest BCUT2D eigenvalue weighted by atomic mass is 16.3. The minimum atomic E-state index is -0.876. The molecule has 2 aromatic heterocycles. The van der Waals surface area contributed by atoms with Crippen molar-refractivity contribution >= 4 is 17.4 Å². The average Bonchev–Trinajstić information content (AvgIpc) is 3.30. The summed E-state index contributed by atoms with van der Waals surface area (Å²) in [5, 5.41) is 21.8. The van der Waals surface area contributed by atoms with Gasteiger partial charge in [-0.25, -0.2) is 0 Å². The summed E-state index contributed by atoms with van der Waals surface area (Å²) in [7, 11) is 1.90. The predicted octanol–water partition coefficient (Wildman–Crippen LogP) is 1.60. The van der Waals surface area contributed by atoms with Crippen molar-refractivity contribution < 1.29 is 9.90 Å². The Labute approximate surface area is 175 Å². The largest absolute Gasteiger partial charge is 0.379 e. The quantitative estimate of drug-likeness (QED) is 0.533. The molecule has 9 nitrogen and oxygen atoms in total. The molecule has 1 aliphatic heterocycles. The van der Waals surface area contributed by atoms with Crippen LogP contribution in [0.5, 0.6) is 0 Å². The molecule has 3 aromatic rings. The maximum atomic E-state index is 11.9. The van der Waals surface area contributed by atoms with Gasteiger partial charge in [0.05, 0.1) is 12.7 Å². The molecule has 0 fully saturated rings. The Morgan fingerprint density at radius 2 is 2.07 bits per heavy atom.